The molecule has 3 heteroatoms. The molecule has 1 heterocycles. The quantitative estimate of drug-likeness (QED) is 0.670. The van der Waals surface area contributed by atoms with E-state index in [2.05, 4.69) is 20.9 Å². The van der Waals surface area contributed by atoms with Gasteiger partial charge in [-0.1, -0.05) is 0 Å². The molecule has 0 aliphatic heterocycles. The van der Waals surface area contributed by atoms with Crippen molar-refractivity contribution in [3.63, 3.8) is 0 Å². The molecule has 1 aromatic heterocycles. The minimum Gasteiger partial charge on any atom is -0.495 e. The molecule has 0 fully saturated rings. The number of halogens is 1. The Hall–Kier alpha value is -0.570. The fourth-order valence-electron chi connectivity index (χ4n) is 0.528. The zero-order valence-electron chi connectivity index (χ0n) is 4.97. The Bertz CT molecular complexity index is 202. The molecule has 0 saturated heterocycles. The van der Waals surface area contributed by atoms with Crippen molar-refractivity contribution < 1.29 is 4.74 Å². The summed E-state index contributed by atoms with van der Waals surface area (Å²) in [6.45, 7) is 0. The van der Waals surface area contributed by atoms with E-state index in [1.807, 2.05) is 0 Å². The summed E-state index contributed by atoms with van der Waals surface area (Å²) < 4.78 is 5.84. The Labute approximate surface area is 62.0 Å². The average Bonchev–Trinajstić information content (AvgIpc) is 1.89. The van der Waals surface area contributed by atoms with Crippen LogP contribution in [0.5, 0.6) is 5.75 Å². The van der Waals surface area contributed by atoms with Gasteiger partial charge in [0.2, 0.25) is 0 Å². The number of nitrogens with zero attached hydrogens (tertiary/aromatic N) is 1. The third-order valence-electron chi connectivity index (χ3n) is 0.955. The molecule has 2 nitrogen and oxygen atoms in total. The van der Waals surface area contributed by atoms with E-state index in [0.29, 0.717) is 0 Å². The Morgan fingerprint density at radius 3 is 2.89 bits per heavy atom. The normalized spacial score (nSPS) is 9.11. The van der Waals surface area contributed by atoms with Crippen molar-refractivity contribution in [1.82, 2.24) is 4.98 Å². The van der Waals surface area contributed by atoms with Gasteiger partial charge in [0.05, 0.1) is 11.6 Å². The van der Waals surface area contributed by atoms with Crippen LogP contribution in [-0.2, 0) is 0 Å². The summed E-state index contributed by atoms with van der Waals surface area (Å²) in [5, 5.41) is 0. The molecule has 0 unspecified atom stereocenters. The molecule has 48 valence electrons. The standard InChI is InChI=1S/C6H6BrNO/c1-9-6-2-3-8-4-5(6)7/h2-4H,1H3. The van der Waals surface area contributed by atoms with Crippen LogP contribution in [0.15, 0.2) is 22.9 Å². The molecule has 0 saturated carbocycles. The van der Waals surface area contributed by atoms with Crippen LogP contribution < -0.4 is 4.74 Å². The Morgan fingerprint density at radius 1 is 1.67 bits per heavy atom. The lowest BCUT2D eigenvalue weighted by molar-refractivity contribution is 0.411. The highest BCUT2D eigenvalue weighted by molar-refractivity contribution is 9.10. The van der Waals surface area contributed by atoms with E-state index in [1.165, 1.54) is 0 Å². The first-order chi connectivity index (χ1) is 4.34. The summed E-state index contributed by atoms with van der Waals surface area (Å²) in [6.07, 6.45) is 3.38. The van der Waals surface area contributed by atoms with Gasteiger partial charge in [-0.2, -0.15) is 0 Å². The predicted octanol–water partition coefficient (Wildman–Crippen LogP) is 1.85. The molecule has 0 aliphatic rings. The molecular weight excluding hydrogens is 182 g/mol. The van der Waals surface area contributed by atoms with Crippen molar-refractivity contribution >= 4 is 15.9 Å². The van der Waals surface area contributed by atoms with Gasteiger partial charge in [-0.15, -0.1) is 0 Å². The second kappa shape index (κ2) is 2.82. The van der Waals surface area contributed by atoms with Gasteiger partial charge < -0.3 is 4.74 Å². The number of rotatable bonds is 1. The smallest absolute Gasteiger partial charge is 0.136 e. The monoisotopic (exact) mass is 187 g/mol. The molecule has 0 amide bonds. The van der Waals surface area contributed by atoms with E-state index in [9.17, 15) is 0 Å². The second-order valence-electron chi connectivity index (χ2n) is 1.51. The maximum atomic E-state index is 4.96. The highest BCUT2D eigenvalue weighted by atomic mass is 79.9. The molecule has 0 atom stereocenters. The first-order valence-corrected chi connectivity index (χ1v) is 3.27. The van der Waals surface area contributed by atoms with Gasteiger partial charge in [0, 0.05) is 12.4 Å². The summed E-state index contributed by atoms with van der Waals surface area (Å²) in [6, 6.07) is 1.80. The Kier molecular flexibility index (Phi) is 2.05. The summed E-state index contributed by atoms with van der Waals surface area (Å²) in [4.78, 5) is 3.87. The highest BCUT2D eigenvalue weighted by Crippen LogP contribution is 2.21. The molecule has 0 spiro atoms. The molecule has 1 aromatic rings. The number of pyridine rings is 1. The van der Waals surface area contributed by atoms with Gasteiger partial charge in [0.15, 0.2) is 0 Å². The predicted molar refractivity (Wildman–Crippen MR) is 38.5 cm³/mol. The van der Waals surface area contributed by atoms with Crippen molar-refractivity contribution in [3.05, 3.63) is 22.9 Å². The minimum atomic E-state index is 0.810. The minimum absolute atomic E-state index is 0.810. The summed E-state index contributed by atoms with van der Waals surface area (Å²) in [5.74, 6) is 0.810. The summed E-state index contributed by atoms with van der Waals surface area (Å²) in [5.41, 5.74) is 0. The van der Waals surface area contributed by atoms with Gasteiger partial charge in [0.25, 0.3) is 0 Å². The van der Waals surface area contributed by atoms with Crippen molar-refractivity contribution in [1.29, 1.82) is 0 Å². The number of methoxy groups -OCH3 is 1. The van der Waals surface area contributed by atoms with Gasteiger partial charge >= 0.3 is 0 Å². The first-order valence-electron chi connectivity index (χ1n) is 2.48. The van der Waals surface area contributed by atoms with Gasteiger partial charge in [-0.25, -0.2) is 0 Å². The fraction of sp³-hybridized carbons (Fsp3) is 0.167. The number of ether oxygens (including phenoxy) is 1. The van der Waals surface area contributed by atoms with Crippen molar-refractivity contribution in [2.45, 2.75) is 0 Å². The molecule has 0 N–H and O–H groups in total. The van der Waals surface area contributed by atoms with Crippen LogP contribution in [0.4, 0.5) is 0 Å². The number of hydrogen-bond acceptors (Lipinski definition) is 2. The van der Waals surface area contributed by atoms with Crippen LogP contribution in [0.2, 0.25) is 0 Å². The van der Waals surface area contributed by atoms with E-state index in [0.717, 1.165) is 10.2 Å². The Morgan fingerprint density at radius 2 is 2.44 bits per heavy atom. The Balaban J connectivity index is 3.01. The van der Waals surface area contributed by atoms with E-state index in [-0.39, 0.29) is 0 Å². The van der Waals surface area contributed by atoms with E-state index >= 15 is 0 Å². The lowest BCUT2D eigenvalue weighted by Gasteiger charge is -1.98. The van der Waals surface area contributed by atoms with Crippen LogP contribution in [0.3, 0.4) is 0 Å². The van der Waals surface area contributed by atoms with Crippen LogP contribution in [-0.4, -0.2) is 12.1 Å². The number of hydrogen-bond donors (Lipinski definition) is 0. The molecule has 1 rings (SSSR count). The van der Waals surface area contributed by atoms with E-state index in [1.54, 1.807) is 25.6 Å². The first kappa shape index (κ1) is 6.55. The second-order valence-corrected chi connectivity index (χ2v) is 2.36. The van der Waals surface area contributed by atoms with Gasteiger partial charge in [-0.05, 0) is 22.0 Å². The van der Waals surface area contributed by atoms with Crippen LogP contribution in [0.1, 0.15) is 0 Å². The largest absolute Gasteiger partial charge is 0.495 e. The molecular formula is C6H6BrNO. The molecule has 0 radical (unpaired) electrons. The van der Waals surface area contributed by atoms with Gasteiger partial charge in [-0.3, -0.25) is 4.98 Å². The topological polar surface area (TPSA) is 22.1 Å². The van der Waals surface area contributed by atoms with E-state index < -0.39 is 0 Å². The third kappa shape index (κ3) is 1.42. The van der Waals surface area contributed by atoms with Crippen molar-refractivity contribution in [2.24, 2.45) is 0 Å². The average molecular weight is 188 g/mol. The maximum Gasteiger partial charge on any atom is 0.136 e. The lowest BCUT2D eigenvalue weighted by atomic mass is 10.5. The zero-order valence-corrected chi connectivity index (χ0v) is 6.55. The summed E-state index contributed by atoms with van der Waals surface area (Å²) in [7, 11) is 1.63. The lowest BCUT2D eigenvalue weighted by Crippen LogP contribution is -1.83. The summed E-state index contributed by atoms with van der Waals surface area (Å²) >= 11 is 3.27. The maximum absolute atomic E-state index is 4.96. The molecule has 0 aliphatic carbocycles. The van der Waals surface area contributed by atoms with Crippen LogP contribution in [0, 0.1) is 0 Å². The fourth-order valence-corrected chi connectivity index (χ4v) is 0.940. The molecule has 9 heavy (non-hydrogen) atoms. The van der Waals surface area contributed by atoms with Crippen molar-refractivity contribution in [2.75, 3.05) is 7.11 Å². The zero-order chi connectivity index (χ0) is 6.69. The SMILES string of the molecule is COc1ccncc1Br. The van der Waals surface area contributed by atoms with Gasteiger partial charge in [0.1, 0.15) is 5.75 Å². The van der Waals surface area contributed by atoms with Crippen LogP contribution in [0.25, 0.3) is 0 Å². The highest BCUT2D eigenvalue weighted by Gasteiger charge is 1.94. The molecule has 0 bridgehead atoms. The van der Waals surface area contributed by atoms with E-state index in [4.69, 9.17) is 4.74 Å². The number of aromatic nitrogens is 1. The molecule has 0 aromatic carbocycles. The van der Waals surface area contributed by atoms with Crippen molar-refractivity contribution in [3.8, 4) is 5.75 Å². The van der Waals surface area contributed by atoms with Crippen LogP contribution >= 0.6 is 15.9 Å². The third-order valence-corrected chi connectivity index (χ3v) is 1.55.